The van der Waals surface area contributed by atoms with Gasteiger partial charge in [0.25, 0.3) is 0 Å². The van der Waals surface area contributed by atoms with E-state index in [1.165, 1.54) is 59.6 Å². The molecular weight excluding hydrogens is 576 g/mol. The van der Waals surface area contributed by atoms with Crippen molar-refractivity contribution in [3.05, 3.63) is 95.2 Å². The fourth-order valence-electron chi connectivity index (χ4n) is 8.30. The molecule has 47 heavy (non-hydrogen) atoms. The molecule has 5 aromatic rings. The van der Waals surface area contributed by atoms with Crippen LogP contribution in [0.4, 0.5) is 0 Å². The number of hydrogen-bond donors (Lipinski definition) is 0. The van der Waals surface area contributed by atoms with Gasteiger partial charge in [-0.2, -0.15) is 0 Å². The van der Waals surface area contributed by atoms with Crippen LogP contribution in [0.1, 0.15) is 95.9 Å². The van der Waals surface area contributed by atoms with Gasteiger partial charge in [-0.25, -0.2) is 4.98 Å². The van der Waals surface area contributed by atoms with Crippen LogP contribution in [0.25, 0.3) is 27.6 Å². The van der Waals surface area contributed by atoms with Crippen molar-refractivity contribution in [2.45, 2.75) is 112 Å². The van der Waals surface area contributed by atoms with Crippen molar-refractivity contribution >= 4 is 27.6 Å². The molecule has 0 amide bonds. The molecule has 3 aromatic carbocycles. The molecule has 7 rings (SSSR count). The van der Waals surface area contributed by atoms with Gasteiger partial charge in [-0.05, 0) is 126 Å². The number of rotatable bonds is 5. The topological polar surface area (TPSA) is 42.6 Å². The first-order valence-corrected chi connectivity index (χ1v) is 17.4. The van der Waals surface area contributed by atoms with Crippen molar-refractivity contribution < 1.29 is 4.74 Å². The Morgan fingerprint density at radius 3 is 2.19 bits per heavy atom. The van der Waals surface area contributed by atoms with Gasteiger partial charge in [0.2, 0.25) is 0 Å². The van der Waals surface area contributed by atoms with Gasteiger partial charge in [0.15, 0.2) is 0 Å². The largest absolute Gasteiger partial charge is 0.457 e. The van der Waals surface area contributed by atoms with E-state index in [0.717, 1.165) is 39.7 Å². The number of pyridine rings is 1. The summed E-state index contributed by atoms with van der Waals surface area (Å²) in [6.45, 7) is 20.6. The maximum absolute atomic E-state index is 6.75. The summed E-state index contributed by atoms with van der Waals surface area (Å²) in [5.41, 5.74) is 6.57. The summed E-state index contributed by atoms with van der Waals surface area (Å²) in [4.78, 5) is 13.1. The van der Waals surface area contributed by atoms with Crippen LogP contribution in [0.3, 0.4) is 0 Å². The van der Waals surface area contributed by atoms with Gasteiger partial charge in [-0.3, -0.25) is 9.56 Å². The van der Waals surface area contributed by atoms with E-state index in [1.54, 1.807) is 0 Å². The SMILES string of the molecule is Cc1cc(Oc2ccc3c4cc(C)ccc4n(-c4cc(C)ccn4)c3c2)cc(C2=N[C@](C)(C(C)(C)C)C(C)(C)N2C2CCCCC2)c1. The van der Waals surface area contributed by atoms with Gasteiger partial charge in [0.1, 0.15) is 23.2 Å². The minimum absolute atomic E-state index is 0.00706. The number of amidine groups is 1. The summed E-state index contributed by atoms with van der Waals surface area (Å²) >= 11 is 0. The second kappa shape index (κ2) is 11.2. The Labute approximate surface area is 280 Å². The summed E-state index contributed by atoms with van der Waals surface area (Å²) < 4.78 is 9.01. The normalized spacial score (nSPS) is 20.3. The van der Waals surface area contributed by atoms with Gasteiger partial charge in [0.05, 0.1) is 22.1 Å². The third-order valence-corrected chi connectivity index (χ3v) is 11.3. The van der Waals surface area contributed by atoms with Crippen LogP contribution in [0, 0.1) is 26.2 Å². The average Bonchev–Trinajstić information content (AvgIpc) is 3.44. The number of fused-ring (bicyclic) bond motifs is 3. The van der Waals surface area contributed by atoms with Gasteiger partial charge in [-0.15, -0.1) is 0 Å². The third kappa shape index (κ3) is 5.23. The molecule has 1 aliphatic carbocycles. The summed E-state index contributed by atoms with van der Waals surface area (Å²) in [5, 5.41) is 2.41. The highest BCUT2D eigenvalue weighted by molar-refractivity contribution is 6.09. The maximum Gasteiger partial charge on any atom is 0.137 e. The monoisotopic (exact) mass is 626 g/mol. The quantitative estimate of drug-likeness (QED) is 0.195. The molecule has 1 atom stereocenters. The second-order valence-electron chi connectivity index (χ2n) is 15.8. The minimum Gasteiger partial charge on any atom is -0.457 e. The minimum atomic E-state index is -0.252. The molecule has 244 valence electrons. The Morgan fingerprint density at radius 2 is 1.47 bits per heavy atom. The Kier molecular flexibility index (Phi) is 7.53. The lowest BCUT2D eigenvalue weighted by Crippen LogP contribution is -2.62. The van der Waals surface area contributed by atoms with E-state index in [-0.39, 0.29) is 16.5 Å². The highest BCUT2D eigenvalue weighted by atomic mass is 16.5. The molecule has 1 fully saturated rings. The second-order valence-corrected chi connectivity index (χ2v) is 15.8. The standard InChI is InChI=1S/C42H50N4O/c1-27-15-18-36-35(23-27)34-17-16-32(26-37(34)45(36)38-24-28(2)19-20-43-38)47-33-22-29(3)21-30(25-33)39-44-42(9,40(4,5)6)41(7,8)46(39)31-13-11-10-12-14-31/h15-26,31H,10-14H2,1-9H3/t42-/m1/s1. The lowest BCUT2D eigenvalue weighted by atomic mass is 9.64. The summed E-state index contributed by atoms with van der Waals surface area (Å²) in [6, 6.07) is 24.4. The fourth-order valence-corrected chi connectivity index (χ4v) is 8.30. The third-order valence-electron chi connectivity index (χ3n) is 11.3. The van der Waals surface area contributed by atoms with Crippen molar-refractivity contribution in [3.8, 4) is 17.3 Å². The van der Waals surface area contributed by atoms with Crippen molar-refractivity contribution in [1.29, 1.82) is 0 Å². The molecule has 0 N–H and O–H groups in total. The molecule has 0 spiro atoms. The molecule has 3 heterocycles. The number of aromatic nitrogens is 2. The van der Waals surface area contributed by atoms with E-state index < -0.39 is 0 Å². The van der Waals surface area contributed by atoms with Crippen LogP contribution in [-0.4, -0.2) is 37.4 Å². The van der Waals surface area contributed by atoms with Crippen LogP contribution in [0.15, 0.2) is 77.9 Å². The van der Waals surface area contributed by atoms with E-state index in [2.05, 4.69) is 132 Å². The molecule has 0 unspecified atom stereocenters. The summed E-state index contributed by atoms with van der Waals surface area (Å²) in [6.07, 6.45) is 8.24. The van der Waals surface area contributed by atoms with Crippen molar-refractivity contribution in [2.75, 3.05) is 0 Å². The Hall–Kier alpha value is -4.12. The molecule has 1 aliphatic heterocycles. The number of aryl methyl sites for hydroxylation is 3. The van der Waals surface area contributed by atoms with Crippen LogP contribution >= 0.6 is 0 Å². The van der Waals surface area contributed by atoms with E-state index in [0.29, 0.717) is 6.04 Å². The van der Waals surface area contributed by atoms with Gasteiger partial charge in [-0.1, -0.05) is 51.7 Å². The summed E-state index contributed by atoms with van der Waals surface area (Å²) in [5.74, 6) is 3.67. The van der Waals surface area contributed by atoms with Crippen LogP contribution in [0.5, 0.6) is 11.5 Å². The predicted molar refractivity (Wildman–Crippen MR) is 196 cm³/mol. The van der Waals surface area contributed by atoms with Gasteiger partial charge < -0.3 is 9.64 Å². The van der Waals surface area contributed by atoms with E-state index in [1.807, 2.05) is 12.3 Å². The molecular formula is C42H50N4O. The Balaban J connectivity index is 1.32. The first kappa shape index (κ1) is 31.5. The molecule has 5 heteroatoms. The van der Waals surface area contributed by atoms with Gasteiger partial charge in [0, 0.05) is 34.6 Å². The predicted octanol–water partition coefficient (Wildman–Crippen LogP) is 10.9. The van der Waals surface area contributed by atoms with Crippen molar-refractivity contribution in [3.63, 3.8) is 0 Å². The van der Waals surface area contributed by atoms with E-state index in [4.69, 9.17) is 14.7 Å². The lowest BCUT2D eigenvalue weighted by molar-refractivity contribution is 0.0331. The lowest BCUT2D eigenvalue weighted by Gasteiger charge is -2.52. The zero-order chi connectivity index (χ0) is 33.3. The van der Waals surface area contributed by atoms with Crippen molar-refractivity contribution in [1.82, 2.24) is 14.5 Å². The number of aliphatic imine (C=N–C) groups is 1. The molecule has 5 nitrogen and oxygen atoms in total. The van der Waals surface area contributed by atoms with Crippen LogP contribution in [-0.2, 0) is 0 Å². The molecule has 0 radical (unpaired) electrons. The van der Waals surface area contributed by atoms with E-state index in [9.17, 15) is 0 Å². The average molecular weight is 627 g/mol. The smallest absolute Gasteiger partial charge is 0.137 e. The fraction of sp³-hybridized carbons (Fsp3) is 0.429. The molecule has 2 aromatic heterocycles. The number of hydrogen-bond acceptors (Lipinski definition) is 4. The molecule has 2 aliphatic rings. The zero-order valence-electron chi connectivity index (χ0n) is 29.7. The zero-order valence-corrected chi connectivity index (χ0v) is 29.7. The van der Waals surface area contributed by atoms with Gasteiger partial charge >= 0.3 is 0 Å². The van der Waals surface area contributed by atoms with Crippen molar-refractivity contribution in [2.24, 2.45) is 10.4 Å². The Morgan fingerprint density at radius 1 is 0.723 bits per heavy atom. The summed E-state index contributed by atoms with van der Waals surface area (Å²) in [7, 11) is 0. The van der Waals surface area contributed by atoms with E-state index >= 15 is 0 Å². The van der Waals surface area contributed by atoms with Crippen LogP contribution < -0.4 is 4.74 Å². The number of ether oxygens (including phenoxy) is 1. The molecule has 0 saturated heterocycles. The Bertz CT molecular complexity index is 2020. The maximum atomic E-state index is 6.75. The first-order valence-electron chi connectivity index (χ1n) is 17.4. The highest BCUT2D eigenvalue weighted by Gasteiger charge is 2.59. The number of benzene rings is 3. The molecule has 0 bridgehead atoms. The molecule has 1 saturated carbocycles. The van der Waals surface area contributed by atoms with Crippen LogP contribution in [0.2, 0.25) is 0 Å². The number of nitrogens with zero attached hydrogens (tertiary/aromatic N) is 4. The highest BCUT2D eigenvalue weighted by Crippen LogP contribution is 2.51. The first-order chi connectivity index (χ1) is 22.3.